The van der Waals surface area contributed by atoms with Crippen LogP contribution in [0.4, 0.5) is 0 Å². The molecule has 1 aromatic heterocycles. The van der Waals surface area contributed by atoms with Crippen LogP contribution in [0.2, 0.25) is 0 Å². The van der Waals surface area contributed by atoms with E-state index < -0.39 is 0 Å². The van der Waals surface area contributed by atoms with Crippen molar-refractivity contribution < 1.29 is 0 Å². The van der Waals surface area contributed by atoms with Crippen molar-refractivity contribution in [3.8, 4) is 6.07 Å². The number of aromatic nitrogens is 2. The first-order valence-electron chi connectivity index (χ1n) is 4.19. The average Bonchev–Trinajstić information content (AvgIpc) is 2.60. The first-order chi connectivity index (χ1) is 6.36. The van der Waals surface area contributed by atoms with Gasteiger partial charge in [0.05, 0.1) is 6.07 Å². The predicted octanol–water partition coefficient (Wildman–Crippen LogP) is 2.50. The summed E-state index contributed by atoms with van der Waals surface area (Å²) >= 11 is 3.14. The van der Waals surface area contributed by atoms with Crippen molar-refractivity contribution in [3.63, 3.8) is 0 Å². The molecular weight excluding hydrogens is 202 g/mol. The third kappa shape index (κ3) is 3.75. The minimum Gasteiger partial charge on any atom is -0.213 e. The highest BCUT2D eigenvalue weighted by atomic mass is 32.2. The van der Waals surface area contributed by atoms with Gasteiger partial charge in [-0.25, -0.2) is 4.98 Å². The number of hydrogen-bond donors (Lipinski definition) is 0. The first kappa shape index (κ1) is 10.5. The molecule has 13 heavy (non-hydrogen) atoms. The van der Waals surface area contributed by atoms with E-state index in [9.17, 15) is 0 Å². The van der Waals surface area contributed by atoms with Gasteiger partial charge in [-0.3, -0.25) is 0 Å². The van der Waals surface area contributed by atoms with Crippen LogP contribution < -0.4 is 0 Å². The van der Waals surface area contributed by atoms with Crippen LogP contribution >= 0.6 is 23.3 Å². The van der Waals surface area contributed by atoms with Crippen LogP contribution in [0.5, 0.6) is 0 Å². The maximum absolute atomic E-state index is 8.32. The molecule has 0 unspecified atom stereocenters. The monoisotopic (exact) mass is 213 g/mol. The summed E-state index contributed by atoms with van der Waals surface area (Å²) in [6.07, 6.45) is 2.46. The fourth-order valence-corrected chi connectivity index (χ4v) is 2.46. The van der Waals surface area contributed by atoms with Gasteiger partial charge in [-0.15, -0.1) is 0 Å². The van der Waals surface area contributed by atoms with Crippen molar-refractivity contribution in [1.29, 1.82) is 5.26 Å². The van der Waals surface area contributed by atoms with E-state index in [4.69, 9.17) is 5.26 Å². The molecule has 0 aliphatic carbocycles. The predicted molar refractivity (Wildman–Crippen MR) is 54.9 cm³/mol. The van der Waals surface area contributed by atoms with Crippen LogP contribution in [0.25, 0.3) is 0 Å². The SMILES string of the molecule is CCc1nsc(SCCCC#N)n1. The highest BCUT2D eigenvalue weighted by Crippen LogP contribution is 2.21. The lowest BCUT2D eigenvalue weighted by Crippen LogP contribution is -1.82. The van der Waals surface area contributed by atoms with E-state index in [1.807, 2.05) is 6.92 Å². The quantitative estimate of drug-likeness (QED) is 0.557. The molecule has 0 N–H and O–H groups in total. The smallest absolute Gasteiger partial charge is 0.170 e. The standard InChI is InChI=1S/C8H11N3S2/c1-2-7-10-8(13-11-7)12-6-4-3-5-9/h2-4,6H2,1H3. The normalized spacial score (nSPS) is 9.85. The summed E-state index contributed by atoms with van der Waals surface area (Å²) in [4.78, 5) is 4.31. The van der Waals surface area contributed by atoms with E-state index in [2.05, 4.69) is 15.4 Å². The van der Waals surface area contributed by atoms with Crippen LogP contribution in [-0.2, 0) is 6.42 Å². The molecule has 0 radical (unpaired) electrons. The van der Waals surface area contributed by atoms with Gasteiger partial charge in [-0.2, -0.15) is 9.64 Å². The number of unbranched alkanes of at least 4 members (excludes halogenated alkanes) is 1. The second kappa shape index (κ2) is 5.95. The molecule has 0 aliphatic rings. The molecule has 0 atom stereocenters. The van der Waals surface area contributed by atoms with Gasteiger partial charge in [0.15, 0.2) is 4.34 Å². The fraction of sp³-hybridized carbons (Fsp3) is 0.625. The van der Waals surface area contributed by atoms with Crippen molar-refractivity contribution in [2.24, 2.45) is 0 Å². The lowest BCUT2D eigenvalue weighted by Gasteiger charge is -1.91. The molecule has 0 saturated carbocycles. The van der Waals surface area contributed by atoms with Crippen LogP contribution in [0, 0.1) is 11.3 Å². The first-order valence-corrected chi connectivity index (χ1v) is 5.95. The third-order valence-electron chi connectivity index (χ3n) is 1.42. The zero-order valence-electron chi connectivity index (χ0n) is 7.49. The topological polar surface area (TPSA) is 49.6 Å². The van der Waals surface area contributed by atoms with E-state index in [1.54, 1.807) is 11.8 Å². The molecule has 0 bridgehead atoms. The molecule has 3 nitrogen and oxygen atoms in total. The van der Waals surface area contributed by atoms with Crippen molar-refractivity contribution in [2.75, 3.05) is 5.75 Å². The molecular formula is C8H11N3S2. The largest absolute Gasteiger partial charge is 0.213 e. The molecule has 1 rings (SSSR count). The van der Waals surface area contributed by atoms with Gasteiger partial charge in [-0.1, -0.05) is 18.7 Å². The van der Waals surface area contributed by atoms with E-state index in [-0.39, 0.29) is 0 Å². The summed E-state index contributed by atoms with van der Waals surface area (Å²) < 4.78 is 5.20. The van der Waals surface area contributed by atoms with Crippen molar-refractivity contribution >= 4 is 23.3 Å². The molecule has 1 aromatic rings. The summed E-state index contributed by atoms with van der Waals surface area (Å²) in [5, 5.41) is 8.32. The summed E-state index contributed by atoms with van der Waals surface area (Å²) in [7, 11) is 0. The van der Waals surface area contributed by atoms with Gasteiger partial charge in [0.25, 0.3) is 0 Å². The maximum atomic E-state index is 8.32. The van der Waals surface area contributed by atoms with E-state index in [0.717, 1.165) is 28.8 Å². The zero-order valence-corrected chi connectivity index (χ0v) is 9.12. The van der Waals surface area contributed by atoms with Crippen LogP contribution in [0.15, 0.2) is 4.34 Å². The number of nitrogens with zero attached hydrogens (tertiary/aromatic N) is 3. The number of hydrogen-bond acceptors (Lipinski definition) is 5. The number of aryl methyl sites for hydroxylation is 1. The van der Waals surface area contributed by atoms with Gasteiger partial charge in [-0.05, 0) is 18.0 Å². The molecule has 0 aliphatic heterocycles. The third-order valence-corrected chi connectivity index (χ3v) is 3.38. The van der Waals surface area contributed by atoms with Crippen molar-refractivity contribution in [3.05, 3.63) is 5.82 Å². The molecule has 0 spiro atoms. The molecule has 70 valence electrons. The second-order valence-corrected chi connectivity index (χ2v) is 4.53. The minimum atomic E-state index is 0.631. The molecule has 0 aromatic carbocycles. The van der Waals surface area contributed by atoms with Crippen molar-refractivity contribution in [1.82, 2.24) is 9.36 Å². The Labute approximate surface area is 86.4 Å². The summed E-state index contributed by atoms with van der Waals surface area (Å²) in [6.45, 7) is 2.05. The molecule has 0 saturated heterocycles. The fourth-order valence-electron chi connectivity index (χ4n) is 0.751. The second-order valence-electron chi connectivity index (χ2n) is 2.44. The van der Waals surface area contributed by atoms with Gasteiger partial charge in [0, 0.05) is 18.6 Å². The Morgan fingerprint density at radius 3 is 3.08 bits per heavy atom. The maximum Gasteiger partial charge on any atom is 0.170 e. The van der Waals surface area contributed by atoms with Gasteiger partial charge < -0.3 is 0 Å². The Morgan fingerprint density at radius 1 is 1.62 bits per heavy atom. The molecule has 5 heteroatoms. The van der Waals surface area contributed by atoms with E-state index in [1.165, 1.54) is 11.5 Å². The lowest BCUT2D eigenvalue weighted by molar-refractivity contribution is 0.962. The zero-order chi connectivity index (χ0) is 9.52. The number of thioether (sulfide) groups is 1. The Morgan fingerprint density at radius 2 is 2.46 bits per heavy atom. The van der Waals surface area contributed by atoms with E-state index >= 15 is 0 Å². The van der Waals surface area contributed by atoms with E-state index in [0.29, 0.717) is 6.42 Å². The average molecular weight is 213 g/mol. The van der Waals surface area contributed by atoms with Gasteiger partial charge >= 0.3 is 0 Å². The molecule has 0 fully saturated rings. The Balaban J connectivity index is 2.25. The summed E-state index contributed by atoms with van der Waals surface area (Å²) in [6, 6.07) is 2.12. The Bertz CT molecular complexity index is 290. The minimum absolute atomic E-state index is 0.631. The Kier molecular flexibility index (Phi) is 4.79. The van der Waals surface area contributed by atoms with Crippen LogP contribution in [-0.4, -0.2) is 15.1 Å². The number of rotatable bonds is 5. The van der Waals surface area contributed by atoms with Crippen LogP contribution in [0.1, 0.15) is 25.6 Å². The highest BCUT2D eigenvalue weighted by Gasteiger charge is 2.01. The van der Waals surface area contributed by atoms with Gasteiger partial charge in [0.2, 0.25) is 0 Å². The van der Waals surface area contributed by atoms with Gasteiger partial charge in [0.1, 0.15) is 5.82 Å². The van der Waals surface area contributed by atoms with Crippen LogP contribution in [0.3, 0.4) is 0 Å². The lowest BCUT2D eigenvalue weighted by atomic mass is 10.4. The Hall–Kier alpha value is -0.600. The summed E-state index contributed by atoms with van der Waals surface area (Å²) in [5.74, 6) is 1.89. The highest BCUT2D eigenvalue weighted by molar-refractivity contribution is 8.00. The van der Waals surface area contributed by atoms with Crippen molar-refractivity contribution in [2.45, 2.75) is 30.5 Å². The molecule has 1 heterocycles. The number of nitriles is 1. The molecule has 0 amide bonds. The summed E-state index contributed by atoms with van der Waals surface area (Å²) in [5.41, 5.74) is 0.